The highest BCUT2D eigenvalue weighted by molar-refractivity contribution is 7.86. The number of phenols is 2. The normalized spacial score (nSPS) is 12.0. The van der Waals surface area contributed by atoms with Gasteiger partial charge in [0.2, 0.25) is 0 Å². The Balaban J connectivity index is 0.000000390. The fourth-order valence-corrected chi connectivity index (χ4v) is 3.29. The summed E-state index contributed by atoms with van der Waals surface area (Å²) in [5.74, 6) is 0.144. The lowest BCUT2D eigenvalue weighted by molar-refractivity contribution is -0.0510. The SMILES string of the molecule is O=S(=O)(O)C(F)(F)F.O=S(=O)(O)c1cccc(-c2ccc(O)cc2)c1-c1ccc(O)cc1. The second kappa shape index (κ2) is 9.16. The highest BCUT2D eigenvalue weighted by Gasteiger charge is 2.44. The molecular weight excluding hydrogens is 477 g/mol. The van der Waals surface area contributed by atoms with E-state index in [0.717, 1.165) is 0 Å². The first-order valence-corrected chi connectivity index (χ1v) is 11.2. The fraction of sp³-hybridized carbons (Fsp3) is 0.0526. The first-order valence-electron chi connectivity index (χ1n) is 8.34. The van der Waals surface area contributed by atoms with E-state index < -0.39 is 25.7 Å². The van der Waals surface area contributed by atoms with Crippen molar-refractivity contribution in [3.8, 4) is 33.8 Å². The summed E-state index contributed by atoms with van der Waals surface area (Å²) < 4.78 is 90.7. The lowest BCUT2D eigenvalue weighted by Gasteiger charge is -2.14. The summed E-state index contributed by atoms with van der Waals surface area (Å²) in [5, 5.41) is 18.9. The van der Waals surface area contributed by atoms with Gasteiger partial charge < -0.3 is 10.2 Å². The first-order chi connectivity index (χ1) is 14.6. The molecule has 0 aromatic heterocycles. The molecule has 0 heterocycles. The molecule has 3 rings (SSSR count). The number of alkyl halides is 3. The molecule has 0 saturated carbocycles. The third-order valence-electron chi connectivity index (χ3n) is 3.93. The molecule has 0 aliphatic heterocycles. The van der Waals surface area contributed by atoms with Gasteiger partial charge in [-0.2, -0.15) is 30.0 Å². The van der Waals surface area contributed by atoms with Crippen LogP contribution in [0.4, 0.5) is 13.2 Å². The fourth-order valence-electron chi connectivity index (χ4n) is 2.55. The van der Waals surface area contributed by atoms with E-state index in [4.69, 9.17) is 13.0 Å². The van der Waals surface area contributed by atoms with Crippen LogP contribution >= 0.6 is 0 Å². The molecule has 0 bridgehead atoms. The molecule has 0 fully saturated rings. The van der Waals surface area contributed by atoms with E-state index in [1.807, 2.05) is 0 Å². The summed E-state index contributed by atoms with van der Waals surface area (Å²) in [5.41, 5.74) is -3.42. The summed E-state index contributed by atoms with van der Waals surface area (Å²) >= 11 is 0. The van der Waals surface area contributed by atoms with Crippen molar-refractivity contribution in [2.75, 3.05) is 0 Å². The maximum atomic E-state index is 11.8. The maximum absolute atomic E-state index is 11.8. The van der Waals surface area contributed by atoms with Crippen LogP contribution in [-0.4, -0.2) is 41.7 Å². The number of benzene rings is 3. The number of halogens is 3. The number of aromatic hydroxyl groups is 2. The summed E-state index contributed by atoms with van der Waals surface area (Å²) in [6, 6.07) is 16.9. The van der Waals surface area contributed by atoms with Gasteiger partial charge in [-0.1, -0.05) is 36.4 Å². The van der Waals surface area contributed by atoms with Crippen LogP contribution in [0, 0.1) is 0 Å². The Bertz CT molecular complexity index is 1300. The topological polar surface area (TPSA) is 149 Å². The molecule has 0 aliphatic carbocycles. The molecule has 13 heteroatoms. The Morgan fingerprint density at radius 1 is 0.656 bits per heavy atom. The molecule has 0 radical (unpaired) electrons. The van der Waals surface area contributed by atoms with Crippen LogP contribution in [0.2, 0.25) is 0 Å². The molecule has 0 saturated heterocycles. The maximum Gasteiger partial charge on any atom is 0.522 e. The van der Waals surface area contributed by atoms with E-state index in [-0.39, 0.29) is 16.4 Å². The second-order valence-electron chi connectivity index (χ2n) is 6.17. The van der Waals surface area contributed by atoms with E-state index in [2.05, 4.69) is 0 Å². The molecule has 0 amide bonds. The molecule has 32 heavy (non-hydrogen) atoms. The zero-order valence-corrected chi connectivity index (χ0v) is 17.4. The summed E-state index contributed by atoms with van der Waals surface area (Å²) in [6.45, 7) is 0. The Hall–Kier alpha value is -3.13. The number of hydrogen-bond acceptors (Lipinski definition) is 6. The average molecular weight is 492 g/mol. The predicted octanol–water partition coefficient (Wildman–Crippen LogP) is 4.07. The molecule has 0 aliphatic rings. The quantitative estimate of drug-likeness (QED) is 0.316. The van der Waals surface area contributed by atoms with Crippen molar-refractivity contribution >= 4 is 20.2 Å². The Kier molecular flexibility index (Phi) is 7.19. The number of rotatable bonds is 3. The van der Waals surface area contributed by atoms with Crippen molar-refractivity contribution in [1.29, 1.82) is 0 Å². The van der Waals surface area contributed by atoms with Crippen molar-refractivity contribution in [2.24, 2.45) is 0 Å². The molecule has 3 aromatic carbocycles. The van der Waals surface area contributed by atoms with E-state index in [1.165, 1.54) is 36.4 Å². The minimum atomic E-state index is -5.84. The van der Waals surface area contributed by atoms with Crippen LogP contribution in [0.25, 0.3) is 22.3 Å². The standard InChI is InChI=1S/C18H14O5S.CHF3O3S/c19-14-8-4-12(5-9-14)16-2-1-3-17(24(21,22)23)18(16)13-6-10-15(20)11-7-13;2-1(3,4)8(5,6)7/h1-11,19-20H,(H,21,22,23);(H,5,6,7). The predicted molar refractivity (Wildman–Crippen MR) is 108 cm³/mol. The molecule has 0 atom stereocenters. The van der Waals surface area contributed by atoms with Gasteiger partial charge in [-0.05, 0) is 47.0 Å². The number of phenolic OH excluding ortho intramolecular Hbond substituents is 2. The Morgan fingerprint density at radius 2 is 1.06 bits per heavy atom. The van der Waals surface area contributed by atoms with Crippen molar-refractivity contribution < 1.29 is 49.3 Å². The molecule has 4 N–H and O–H groups in total. The zero-order chi connectivity index (χ0) is 24.3. The minimum Gasteiger partial charge on any atom is -0.508 e. The first kappa shape index (κ1) is 25.1. The van der Waals surface area contributed by atoms with Gasteiger partial charge in [0.25, 0.3) is 10.1 Å². The summed E-state index contributed by atoms with van der Waals surface area (Å²) in [6.07, 6.45) is 0. The van der Waals surface area contributed by atoms with E-state index in [0.29, 0.717) is 22.3 Å². The van der Waals surface area contributed by atoms with Crippen LogP contribution < -0.4 is 0 Å². The molecule has 0 unspecified atom stereocenters. The van der Waals surface area contributed by atoms with Crippen LogP contribution in [0.1, 0.15) is 0 Å². The van der Waals surface area contributed by atoms with Crippen LogP contribution in [0.15, 0.2) is 71.6 Å². The monoisotopic (exact) mass is 492 g/mol. The van der Waals surface area contributed by atoms with Crippen LogP contribution in [0.3, 0.4) is 0 Å². The van der Waals surface area contributed by atoms with Crippen LogP contribution in [-0.2, 0) is 20.2 Å². The average Bonchev–Trinajstić information content (AvgIpc) is 2.67. The van der Waals surface area contributed by atoms with Gasteiger partial charge in [-0.25, -0.2) is 0 Å². The third-order valence-corrected chi connectivity index (χ3v) is 5.41. The highest BCUT2D eigenvalue weighted by Crippen LogP contribution is 2.38. The van der Waals surface area contributed by atoms with Gasteiger partial charge in [0.05, 0.1) is 0 Å². The van der Waals surface area contributed by atoms with Crippen LogP contribution in [0.5, 0.6) is 11.5 Å². The molecule has 172 valence electrons. The van der Waals surface area contributed by atoms with E-state index >= 15 is 0 Å². The van der Waals surface area contributed by atoms with Gasteiger partial charge in [0, 0.05) is 5.56 Å². The second-order valence-corrected chi connectivity index (χ2v) is 8.97. The van der Waals surface area contributed by atoms with Crippen molar-refractivity contribution in [2.45, 2.75) is 10.4 Å². The minimum absolute atomic E-state index is 0.0503. The summed E-state index contributed by atoms with van der Waals surface area (Å²) in [4.78, 5) is -0.223. The van der Waals surface area contributed by atoms with Gasteiger partial charge in [-0.15, -0.1) is 0 Å². The molecule has 3 aromatic rings. The van der Waals surface area contributed by atoms with Gasteiger partial charge in [-0.3, -0.25) is 9.11 Å². The molecule has 0 spiro atoms. The largest absolute Gasteiger partial charge is 0.522 e. The van der Waals surface area contributed by atoms with E-state index in [9.17, 15) is 36.4 Å². The lowest BCUT2D eigenvalue weighted by atomic mass is 9.94. The van der Waals surface area contributed by atoms with Crippen molar-refractivity contribution in [1.82, 2.24) is 0 Å². The third kappa shape index (κ3) is 6.20. The number of hydrogen-bond donors (Lipinski definition) is 4. The van der Waals surface area contributed by atoms with Crippen molar-refractivity contribution in [3.05, 3.63) is 66.7 Å². The molecular formula is C19H15F3O8S2. The Morgan fingerprint density at radius 3 is 1.44 bits per heavy atom. The van der Waals surface area contributed by atoms with Gasteiger partial charge >= 0.3 is 15.6 Å². The smallest absolute Gasteiger partial charge is 0.508 e. The van der Waals surface area contributed by atoms with Gasteiger partial charge in [0.15, 0.2) is 0 Å². The van der Waals surface area contributed by atoms with Gasteiger partial charge in [0.1, 0.15) is 16.4 Å². The lowest BCUT2D eigenvalue weighted by Crippen LogP contribution is -2.21. The zero-order valence-electron chi connectivity index (χ0n) is 15.7. The van der Waals surface area contributed by atoms with Crippen molar-refractivity contribution in [3.63, 3.8) is 0 Å². The molecule has 8 nitrogen and oxygen atoms in total. The highest BCUT2D eigenvalue weighted by atomic mass is 32.2. The summed E-state index contributed by atoms with van der Waals surface area (Å²) in [7, 11) is -10.3. The van der Waals surface area contributed by atoms with E-state index in [1.54, 1.807) is 30.3 Å². The Labute approximate surface area is 180 Å².